The summed E-state index contributed by atoms with van der Waals surface area (Å²) in [6.45, 7) is 0. The maximum Gasteiger partial charge on any atom is 0.118 e. The monoisotopic (exact) mass is 353 g/mol. The molecule has 20 heavy (non-hydrogen) atoms. The highest BCUT2D eigenvalue weighted by Gasteiger charge is 2.08. The highest BCUT2D eigenvalue weighted by Crippen LogP contribution is 2.27. The van der Waals surface area contributed by atoms with Crippen molar-refractivity contribution in [2.45, 2.75) is 18.9 Å². The van der Waals surface area contributed by atoms with Crippen LogP contribution in [-0.2, 0) is 6.42 Å². The lowest BCUT2D eigenvalue weighted by atomic mass is 10.00. The zero-order valence-corrected chi connectivity index (χ0v) is 13.6. The van der Waals surface area contributed by atoms with E-state index >= 15 is 0 Å². The van der Waals surface area contributed by atoms with Gasteiger partial charge in [-0.25, -0.2) is 0 Å². The second kappa shape index (κ2) is 7.11. The number of methoxy groups -OCH3 is 1. The fourth-order valence-electron chi connectivity index (χ4n) is 2.02. The van der Waals surface area contributed by atoms with Gasteiger partial charge in [0.15, 0.2) is 0 Å². The summed E-state index contributed by atoms with van der Waals surface area (Å²) in [7, 11) is 1.67. The van der Waals surface area contributed by atoms with Crippen LogP contribution >= 0.6 is 27.5 Å². The van der Waals surface area contributed by atoms with E-state index in [9.17, 15) is 0 Å². The van der Waals surface area contributed by atoms with Crippen LogP contribution in [0.1, 0.15) is 23.6 Å². The van der Waals surface area contributed by atoms with Crippen molar-refractivity contribution < 1.29 is 4.74 Å². The molecule has 0 amide bonds. The Balaban J connectivity index is 1.96. The molecule has 0 saturated carbocycles. The molecule has 106 valence electrons. The molecule has 0 aliphatic heterocycles. The van der Waals surface area contributed by atoms with Crippen molar-refractivity contribution in [3.8, 4) is 5.75 Å². The molecule has 0 heterocycles. The average molecular weight is 355 g/mol. The SMILES string of the molecule is COc1ccc(CCC(N)c2ccc(Cl)c(Br)c2)cc1. The zero-order chi connectivity index (χ0) is 14.5. The van der Waals surface area contributed by atoms with Crippen LogP contribution in [0.4, 0.5) is 0 Å². The van der Waals surface area contributed by atoms with Crippen LogP contribution in [0.15, 0.2) is 46.9 Å². The summed E-state index contributed by atoms with van der Waals surface area (Å²) < 4.78 is 6.03. The molecule has 4 heteroatoms. The summed E-state index contributed by atoms with van der Waals surface area (Å²) in [5.74, 6) is 0.875. The minimum atomic E-state index is 0.00525. The number of hydrogen-bond donors (Lipinski definition) is 1. The lowest BCUT2D eigenvalue weighted by molar-refractivity contribution is 0.414. The summed E-state index contributed by atoms with van der Waals surface area (Å²) >= 11 is 9.41. The van der Waals surface area contributed by atoms with E-state index in [0.29, 0.717) is 5.02 Å². The molecule has 0 spiro atoms. The van der Waals surface area contributed by atoms with Crippen molar-refractivity contribution in [1.82, 2.24) is 0 Å². The van der Waals surface area contributed by atoms with Gasteiger partial charge in [-0.3, -0.25) is 0 Å². The minimum Gasteiger partial charge on any atom is -0.497 e. The Morgan fingerprint density at radius 1 is 1.20 bits per heavy atom. The summed E-state index contributed by atoms with van der Waals surface area (Å²) in [4.78, 5) is 0. The van der Waals surface area contributed by atoms with Crippen LogP contribution in [-0.4, -0.2) is 7.11 Å². The number of ether oxygens (including phenoxy) is 1. The summed E-state index contributed by atoms with van der Waals surface area (Å²) in [5.41, 5.74) is 8.58. The summed E-state index contributed by atoms with van der Waals surface area (Å²) in [5, 5.41) is 0.705. The molecule has 2 N–H and O–H groups in total. The first kappa shape index (κ1) is 15.4. The molecule has 0 saturated heterocycles. The van der Waals surface area contributed by atoms with Gasteiger partial charge < -0.3 is 10.5 Å². The van der Waals surface area contributed by atoms with Crippen LogP contribution in [0, 0.1) is 0 Å². The molecule has 0 aliphatic carbocycles. The predicted molar refractivity (Wildman–Crippen MR) is 87.4 cm³/mol. The highest BCUT2D eigenvalue weighted by atomic mass is 79.9. The van der Waals surface area contributed by atoms with E-state index in [1.165, 1.54) is 5.56 Å². The smallest absolute Gasteiger partial charge is 0.118 e. The van der Waals surface area contributed by atoms with Crippen molar-refractivity contribution in [1.29, 1.82) is 0 Å². The second-order valence-corrected chi connectivity index (χ2v) is 5.93. The Labute approximate surface area is 133 Å². The molecule has 2 aromatic carbocycles. The average Bonchev–Trinajstić information content (AvgIpc) is 2.48. The van der Waals surface area contributed by atoms with Crippen molar-refractivity contribution in [2.75, 3.05) is 7.11 Å². The second-order valence-electron chi connectivity index (χ2n) is 4.67. The molecule has 0 aliphatic rings. The fourth-order valence-corrected chi connectivity index (χ4v) is 2.54. The van der Waals surface area contributed by atoms with E-state index in [1.807, 2.05) is 30.3 Å². The van der Waals surface area contributed by atoms with Gasteiger partial charge in [-0.05, 0) is 64.2 Å². The van der Waals surface area contributed by atoms with Crippen molar-refractivity contribution in [3.05, 3.63) is 63.1 Å². The van der Waals surface area contributed by atoms with Gasteiger partial charge in [0.1, 0.15) is 5.75 Å². The maximum absolute atomic E-state index is 6.23. The number of benzene rings is 2. The summed E-state index contributed by atoms with van der Waals surface area (Å²) in [6.07, 6.45) is 1.83. The molecule has 1 unspecified atom stereocenters. The van der Waals surface area contributed by atoms with Crippen LogP contribution in [0.3, 0.4) is 0 Å². The molecule has 2 rings (SSSR count). The van der Waals surface area contributed by atoms with Crippen LogP contribution in [0.25, 0.3) is 0 Å². The summed E-state index contributed by atoms with van der Waals surface area (Å²) in [6, 6.07) is 13.9. The Hall–Kier alpha value is -1.03. The first-order chi connectivity index (χ1) is 9.60. The van der Waals surface area contributed by atoms with Crippen LogP contribution in [0.2, 0.25) is 5.02 Å². The number of rotatable bonds is 5. The van der Waals surface area contributed by atoms with E-state index in [1.54, 1.807) is 7.11 Å². The highest BCUT2D eigenvalue weighted by molar-refractivity contribution is 9.10. The van der Waals surface area contributed by atoms with E-state index < -0.39 is 0 Å². The minimum absolute atomic E-state index is 0.00525. The van der Waals surface area contributed by atoms with Gasteiger partial charge in [-0.1, -0.05) is 29.8 Å². The van der Waals surface area contributed by atoms with Gasteiger partial charge in [0.25, 0.3) is 0 Å². The van der Waals surface area contributed by atoms with E-state index in [-0.39, 0.29) is 6.04 Å². The van der Waals surface area contributed by atoms with Gasteiger partial charge in [0.2, 0.25) is 0 Å². The molecule has 2 nitrogen and oxygen atoms in total. The number of halogens is 2. The van der Waals surface area contributed by atoms with E-state index in [4.69, 9.17) is 22.1 Å². The van der Waals surface area contributed by atoms with E-state index in [0.717, 1.165) is 28.6 Å². The van der Waals surface area contributed by atoms with Crippen LogP contribution < -0.4 is 10.5 Å². The normalized spacial score (nSPS) is 12.2. The molecule has 1 atom stereocenters. The largest absolute Gasteiger partial charge is 0.497 e. The zero-order valence-electron chi connectivity index (χ0n) is 11.3. The Bertz CT molecular complexity index is 571. The lowest BCUT2D eigenvalue weighted by Crippen LogP contribution is -2.11. The van der Waals surface area contributed by atoms with Gasteiger partial charge >= 0.3 is 0 Å². The lowest BCUT2D eigenvalue weighted by Gasteiger charge is -2.13. The number of hydrogen-bond acceptors (Lipinski definition) is 2. The molecular formula is C16H17BrClNO. The molecule has 2 aromatic rings. The Morgan fingerprint density at radius 3 is 2.50 bits per heavy atom. The number of aryl methyl sites for hydroxylation is 1. The third kappa shape index (κ3) is 3.98. The first-order valence-electron chi connectivity index (χ1n) is 6.43. The van der Waals surface area contributed by atoms with Crippen LogP contribution in [0.5, 0.6) is 5.75 Å². The fraction of sp³-hybridized carbons (Fsp3) is 0.250. The van der Waals surface area contributed by atoms with Gasteiger partial charge in [-0.15, -0.1) is 0 Å². The molecule has 0 bridgehead atoms. The molecular weight excluding hydrogens is 338 g/mol. The van der Waals surface area contributed by atoms with Gasteiger partial charge in [-0.2, -0.15) is 0 Å². The Kier molecular flexibility index (Phi) is 5.46. The third-order valence-corrected chi connectivity index (χ3v) is 4.49. The van der Waals surface area contributed by atoms with Crippen molar-refractivity contribution in [2.24, 2.45) is 5.73 Å². The topological polar surface area (TPSA) is 35.2 Å². The van der Waals surface area contributed by atoms with Crippen molar-refractivity contribution >= 4 is 27.5 Å². The molecule has 0 aromatic heterocycles. The van der Waals surface area contributed by atoms with Crippen molar-refractivity contribution in [3.63, 3.8) is 0 Å². The van der Waals surface area contributed by atoms with E-state index in [2.05, 4.69) is 28.1 Å². The first-order valence-corrected chi connectivity index (χ1v) is 7.60. The maximum atomic E-state index is 6.23. The van der Waals surface area contributed by atoms with Gasteiger partial charge in [0, 0.05) is 10.5 Å². The molecule has 0 radical (unpaired) electrons. The standard InChI is InChI=1S/C16H17BrClNO/c1-20-13-6-2-11(3-7-13)4-9-16(19)12-5-8-15(18)14(17)10-12/h2-3,5-8,10,16H,4,9,19H2,1H3. The van der Waals surface area contributed by atoms with Gasteiger partial charge in [0.05, 0.1) is 12.1 Å². The predicted octanol–water partition coefficient (Wildman–Crippen LogP) is 4.74. The Morgan fingerprint density at radius 2 is 1.90 bits per heavy atom. The number of nitrogens with two attached hydrogens (primary N) is 1. The molecule has 0 fully saturated rings. The third-order valence-electron chi connectivity index (χ3n) is 3.27. The quantitative estimate of drug-likeness (QED) is 0.841.